The number of hydrogen-bond acceptors (Lipinski definition) is 7. The second-order valence-electron chi connectivity index (χ2n) is 12.3. The van der Waals surface area contributed by atoms with Crippen LogP contribution in [0.1, 0.15) is 77.2 Å². The summed E-state index contributed by atoms with van der Waals surface area (Å²) in [7, 11) is 1.82. The molecule has 1 heterocycles. The number of epoxide rings is 1. The van der Waals surface area contributed by atoms with E-state index in [-0.39, 0.29) is 30.1 Å². The monoisotopic (exact) mass is 570 g/mol. The van der Waals surface area contributed by atoms with Crippen LogP contribution in [0.5, 0.6) is 0 Å². The Labute approximate surface area is 242 Å². The molecule has 1 aromatic carbocycles. The van der Waals surface area contributed by atoms with Crippen molar-refractivity contribution < 1.29 is 29.0 Å². The number of carbonyl (C=O) groups is 4. The largest absolute Gasteiger partial charge is 0.393 e. The van der Waals surface area contributed by atoms with Gasteiger partial charge >= 0.3 is 0 Å². The zero-order valence-corrected chi connectivity index (χ0v) is 24.5. The van der Waals surface area contributed by atoms with Crippen molar-refractivity contribution in [3.8, 4) is 0 Å². The molecule has 0 unspecified atom stereocenters. The minimum atomic E-state index is -0.945. The first-order valence-corrected chi connectivity index (χ1v) is 15.1. The number of anilines is 1. The van der Waals surface area contributed by atoms with Crippen molar-refractivity contribution in [2.24, 2.45) is 11.8 Å². The van der Waals surface area contributed by atoms with Crippen LogP contribution >= 0.6 is 0 Å². The van der Waals surface area contributed by atoms with E-state index in [9.17, 15) is 24.3 Å². The number of ether oxygens (including phenoxy) is 1. The fraction of sp³-hybridized carbons (Fsp3) is 0.677. The molecule has 10 nitrogen and oxygen atoms in total. The molecule has 5 N–H and O–H groups in total. The quantitative estimate of drug-likeness (QED) is 0.228. The van der Waals surface area contributed by atoms with Crippen LogP contribution in [0, 0.1) is 11.8 Å². The van der Waals surface area contributed by atoms with Gasteiger partial charge in [-0.2, -0.15) is 0 Å². The third-order valence-corrected chi connectivity index (χ3v) is 8.91. The van der Waals surface area contributed by atoms with Crippen LogP contribution in [0.4, 0.5) is 5.69 Å². The summed E-state index contributed by atoms with van der Waals surface area (Å²) in [6, 6.07) is 5.08. The lowest BCUT2D eigenvalue weighted by atomic mass is 9.87. The van der Waals surface area contributed by atoms with Gasteiger partial charge in [-0.15, -0.1) is 0 Å². The molecule has 2 saturated carbocycles. The molecule has 0 aromatic heterocycles. The maximum Gasteiger partial charge on any atom is 0.243 e. The van der Waals surface area contributed by atoms with Crippen LogP contribution in [0.3, 0.4) is 0 Å². The van der Waals surface area contributed by atoms with Gasteiger partial charge in [0.2, 0.25) is 17.7 Å². The zero-order valence-electron chi connectivity index (χ0n) is 24.5. The Morgan fingerprint density at radius 3 is 2.12 bits per heavy atom. The Kier molecular flexibility index (Phi) is 10.4. The van der Waals surface area contributed by atoms with E-state index < -0.39 is 35.5 Å². The van der Waals surface area contributed by atoms with Crippen LogP contribution in [-0.2, 0) is 30.3 Å². The van der Waals surface area contributed by atoms with Crippen molar-refractivity contribution in [3.63, 3.8) is 0 Å². The summed E-state index contributed by atoms with van der Waals surface area (Å²) < 4.78 is 5.42. The van der Waals surface area contributed by atoms with Crippen molar-refractivity contribution in [1.82, 2.24) is 16.0 Å². The molecule has 10 heteroatoms. The number of carbonyl (C=O) groups excluding carboxylic acids is 4. The number of nitrogens with one attached hydrogen (secondary N) is 4. The van der Waals surface area contributed by atoms with Gasteiger partial charge in [0.05, 0.1) is 18.8 Å². The van der Waals surface area contributed by atoms with Gasteiger partial charge in [-0.05, 0) is 69.6 Å². The summed E-state index contributed by atoms with van der Waals surface area (Å²) in [5.41, 5.74) is 0.898. The summed E-state index contributed by atoms with van der Waals surface area (Å²) in [6.07, 6.45) is 7.01. The van der Waals surface area contributed by atoms with Crippen LogP contribution in [0.2, 0.25) is 0 Å². The first kappa shape index (κ1) is 31.0. The molecular formula is C31H46N4O6. The van der Waals surface area contributed by atoms with Gasteiger partial charge in [-0.25, -0.2) is 0 Å². The molecule has 1 aromatic rings. The molecule has 2 aliphatic carbocycles. The van der Waals surface area contributed by atoms with E-state index in [1.165, 1.54) is 0 Å². The number of aliphatic hydroxyl groups excluding tert-OH is 1. The number of amides is 3. The van der Waals surface area contributed by atoms with Crippen molar-refractivity contribution >= 4 is 29.2 Å². The molecule has 41 heavy (non-hydrogen) atoms. The predicted octanol–water partition coefficient (Wildman–Crippen LogP) is 2.23. The Balaban J connectivity index is 1.45. The summed E-state index contributed by atoms with van der Waals surface area (Å²) in [6.45, 7) is 3.69. The Hall–Kier alpha value is -2.98. The smallest absolute Gasteiger partial charge is 0.243 e. The molecule has 3 aliphatic rings. The first-order chi connectivity index (χ1) is 19.6. The first-order valence-electron chi connectivity index (χ1n) is 15.1. The number of rotatable bonds is 13. The molecule has 0 bridgehead atoms. The lowest BCUT2D eigenvalue weighted by molar-refractivity contribution is -0.135. The second-order valence-corrected chi connectivity index (χ2v) is 12.3. The van der Waals surface area contributed by atoms with E-state index in [4.69, 9.17) is 4.74 Å². The summed E-state index contributed by atoms with van der Waals surface area (Å²) >= 11 is 0. The van der Waals surface area contributed by atoms with Gasteiger partial charge in [0.25, 0.3) is 0 Å². The number of benzene rings is 1. The van der Waals surface area contributed by atoms with Gasteiger partial charge in [-0.3, -0.25) is 19.2 Å². The third-order valence-electron chi connectivity index (χ3n) is 8.91. The number of ketones is 1. The average molecular weight is 571 g/mol. The maximum absolute atomic E-state index is 13.7. The standard InChI is InChI=1S/C31H46N4O6/c1-19(33-29(39)22-10-14-24(36)15-11-22)28(38)35-26(17-21-8-12-23(32-3)13-9-21)30(40)34-25(16-20-6-4-5-7-20)27(37)31(2)18-41-31/h8-9,12-13,19-20,22,24-26,32,36H,4-7,10-11,14-18H2,1-3H3,(H,33,39)(H,34,40)(H,35,38)/t19-,22?,24?,25+,26+,31-/m1/s1. The van der Waals surface area contributed by atoms with E-state index in [0.717, 1.165) is 36.9 Å². The molecule has 3 fully saturated rings. The van der Waals surface area contributed by atoms with Gasteiger partial charge in [0.1, 0.15) is 17.7 Å². The second kappa shape index (κ2) is 13.8. The minimum absolute atomic E-state index is 0.126. The topological polar surface area (TPSA) is 149 Å². The molecule has 1 saturated heterocycles. The van der Waals surface area contributed by atoms with Crippen molar-refractivity contribution in [2.45, 2.75) is 108 Å². The summed E-state index contributed by atoms with van der Waals surface area (Å²) in [5.74, 6) is -1.13. The highest BCUT2D eigenvalue weighted by atomic mass is 16.6. The van der Waals surface area contributed by atoms with Crippen LogP contribution < -0.4 is 21.3 Å². The molecule has 3 amide bonds. The molecular weight excluding hydrogens is 524 g/mol. The lowest BCUT2D eigenvalue weighted by Crippen LogP contribution is -2.57. The molecule has 226 valence electrons. The van der Waals surface area contributed by atoms with Crippen LogP contribution in [-0.4, -0.2) is 72.1 Å². The van der Waals surface area contributed by atoms with Crippen molar-refractivity contribution in [2.75, 3.05) is 19.0 Å². The Morgan fingerprint density at radius 2 is 1.54 bits per heavy atom. The van der Waals surface area contributed by atoms with Crippen LogP contribution in [0.25, 0.3) is 0 Å². The zero-order chi connectivity index (χ0) is 29.6. The fourth-order valence-electron chi connectivity index (χ4n) is 5.99. The van der Waals surface area contributed by atoms with Gasteiger partial charge < -0.3 is 31.1 Å². The number of hydrogen-bond donors (Lipinski definition) is 5. The molecule has 0 spiro atoms. The Morgan fingerprint density at radius 1 is 0.927 bits per heavy atom. The average Bonchev–Trinajstić information content (AvgIpc) is 3.50. The number of aliphatic hydroxyl groups is 1. The van der Waals surface area contributed by atoms with E-state index in [1.807, 2.05) is 31.3 Å². The summed E-state index contributed by atoms with van der Waals surface area (Å²) in [5, 5.41) is 21.4. The fourth-order valence-corrected chi connectivity index (χ4v) is 5.99. The number of Topliss-reactive ketones (excluding diaryl/α,β-unsaturated/α-hetero) is 1. The SMILES string of the molecule is CNc1ccc(C[C@H](NC(=O)[C@@H](C)NC(=O)C2CCC(O)CC2)C(=O)N[C@@H](CC2CCCC2)C(=O)[C@@]2(C)CO2)cc1. The van der Waals surface area contributed by atoms with E-state index >= 15 is 0 Å². The van der Waals surface area contributed by atoms with Crippen molar-refractivity contribution in [1.29, 1.82) is 0 Å². The van der Waals surface area contributed by atoms with Gasteiger partial charge in [-0.1, -0.05) is 37.8 Å². The predicted molar refractivity (Wildman–Crippen MR) is 155 cm³/mol. The van der Waals surface area contributed by atoms with Crippen LogP contribution in [0.15, 0.2) is 24.3 Å². The highest BCUT2D eigenvalue weighted by molar-refractivity contribution is 5.98. The Bertz CT molecular complexity index is 1070. The van der Waals surface area contributed by atoms with E-state index in [0.29, 0.717) is 44.6 Å². The summed E-state index contributed by atoms with van der Waals surface area (Å²) in [4.78, 5) is 53.1. The van der Waals surface area contributed by atoms with Crippen molar-refractivity contribution in [3.05, 3.63) is 29.8 Å². The molecule has 0 radical (unpaired) electrons. The van der Waals surface area contributed by atoms with E-state index in [2.05, 4.69) is 21.3 Å². The van der Waals surface area contributed by atoms with Gasteiger partial charge in [0, 0.05) is 25.1 Å². The molecule has 1 aliphatic heterocycles. The third kappa shape index (κ3) is 8.52. The highest BCUT2D eigenvalue weighted by Crippen LogP contribution is 2.33. The highest BCUT2D eigenvalue weighted by Gasteiger charge is 2.50. The van der Waals surface area contributed by atoms with E-state index in [1.54, 1.807) is 13.8 Å². The molecule has 4 rings (SSSR count). The molecule has 4 atom stereocenters. The maximum atomic E-state index is 13.7. The normalized spacial score (nSPS) is 26.3. The lowest BCUT2D eigenvalue weighted by Gasteiger charge is -2.28. The minimum Gasteiger partial charge on any atom is -0.393 e. The van der Waals surface area contributed by atoms with Gasteiger partial charge in [0.15, 0.2) is 5.78 Å².